The summed E-state index contributed by atoms with van der Waals surface area (Å²) in [6.07, 6.45) is -3.64. The van der Waals surface area contributed by atoms with Gasteiger partial charge in [-0.05, 0) is 33.5 Å². The van der Waals surface area contributed by atoms with E-state index in [9.17, 15) is 5.11 Å². The number of hydrogen-bond acceptors (Lipinski definition) is 6. The number of aliphatic hydroxyl groups excluding tert-OH is 1. The predicted octanol–water partition coefficient (Wildman–Crippen LogP) is 5.26. The van der Waals surface area contributed by atoms with Crippen molar-refractivity contribution in [3.63, 3.8) is 0 Å². The first-order chi connectivity index (χ1) is 18.7. The molecule has 1 aliphatic rings. The third kappa shape index (κ3) is 6.66. The van der Waals surface area contributed by atoms with Crippen LogP contribution in [0.1, 0.15) is 16.7 Å². The molecule has 0 spiro atoms. The van der Waals surface area contributed by atoms with Crippen LogP contribution in [0.3, 0.4) is 0 Å². The van der Waals surface area contributed by atoms with E-state index in [1.54, 1.807) is 7.11 Å². The highest BCUT2D eigenvalue weighted by atomic mass is 16.7. The molecule has 1 saturated heterocycles. The van der Waals surface area contributed by atoms with Gasteiger partial charge in [0.15, 0.2) is 6.29 Å². The van der Waals surface area contributed by atoms with E-state index in [4.69, 9.17) is 23.7 Å². The van der Waals surface area contributed by atoms with Crippen LogP contribution < -0.4 is 0 Å². The number of benzene rings is 4. The van der Waals surface area contributed by atoms with E-state index >= 15 is 0 Å². The van der Waals surface area contributed by atoms with E-state index in [-0.39, 0.29) is 6.61 Å². The van der Waals surface area contributed by atoms with Crippen LogP contribution in [-0.4, -0.2) is 49.5 Å². The van der Waals surface area contributed by atoms with Gasteiger partial charge in [0.25, 0.3) is 0 Å². The highest BCUT2D eigenvalue weighted by Crippen LogP contribution is 2.29. The van der Waals surface area contributed by atoms with Crippen molar-refractivity contribution in [2.75, 3.05) is 13.7 Å². The second kappa shape index (κ2) is 13.1. The van der Waals surface area contributed by atoms with Crippen molar-refractivity contribution in [1.29, 1.82) is 0 Å². The van der Waals surface area contributed by atoms with Crippen LogP contribution in [0.4, 0.5) is 0 Å². The zero-order chi connectivity index (χ0) is 26.2. The van der Waals surface area contributed by atoms with Gasteiger partial charge < -0.3 is 28.8 Å². The van der Waals surface area contributed by atoms with Crippen LogP contribution in [0.2, 0.25) is 0 Å². The highest BCUT2D eigenvalue weighted by molar-refractivity contribution is 5.82. The van der Waals surface area contributed by atoms with Crippen LogP contribution in [0.25, 0.3) is 10.8 Å². The maximum Gasteiger partial charge on any atom is 0.186 e. The number of aliphatic hydroxyl groups is 1. The molecule has 0 radical (unpaired) electrons. The molecule has 1 N–H and O–H groups in total. The summed E-state index contributed by atoms with van der Waals surface area (Å²) in [7, 11) is 1.57. The molecule has 4 aromatic carbocycles. The van der Waals surface area contributed by atoms with E-state index in [1.165, 1.54) is 5.39 Å². The number of methoxy groups -OCH3 is 1. The Morgan fingerprint density at radius 3 is 1.92 bits per heavy atom. The van der Waals surface area contributed by atoms with Crippen LogP contribution >= 0.6 is 0 Å². The van der Waals surface area contributed by atoms with E-state index < -0.39 is 30.7 Å². The minimum absolute atomic E-state index is 0.185. The van der Waals surface area contributed by atoms with Gasteiger partial charge >= 0.3 is 0 Å². The fraction of sp³-hybridized carbons (Fsp3) is 0.312. The number of rotatable bonds is 11. The summed E-state index contributed by atoms with van der Waals surface area (Å²) in [5, 5.41) is 13.7. The SMILES string of the molecule is CO[C@H]1O[C@H](COCc2ccc3ccccc3c2)[C@@H](O)[C@H](OCc2ccccc2)[C@H]1OCc1ccccc1. The summed E-state index contributed by atoms with van der Waals surface area (Å²) in [5.74, 6) is 0. The van der Waals surface area contributed by atoms with Crippen molar-refractivity contribution in [2.45, 2.75) is 50.5 Å². The number of ether oxygens (including phenoxy) is 5. The summed E-state index contributed by atoms with van der Waals surface area (Å²) >= 11 is 0. The van der Waals surface area contributed by atoms with Crippen LogP contribution in [0.15, 0.2) is 103 Å². The van der Waals surface area contributed by atoms with Crippen molar-refractivity contribution in [2.24, 2.45) is 0 Å². The van der Waals surface area contributed by atoms with E-state index in [2.05, 4.69) is 30.3 Å². The van der Waals surface area contributed by atoms with Gasteiger partial charge in [-0.1, -0.05) is 97.1 Å². The van der Waals surface area contributed by atoms with Crippen LogP contribution in [0, 0.1) is 0 Å². The first-order valence-corrected chi connectivity index (χ1v) is 12.9. The predicted molar refractivity (Wildman–Crippen MR) is 145 cm³/mol. The topological polar surface area (TPSA) is 66.4 Å². The number of fused-ring (bicyclic) bond motifs is 1. The maximum atomic E-state index is 11.4. The summed E-state index contributed by atoms with van der Waals surface area (Å²) in [4.78, 5) is 0. The Balaban J connectivity index is 1.26. The lowest BCUT2D eigenvalue weighted by atomic mass is 9.98. The fourth-order valence-corrected chi connectivity index (χ4v) is 4.74. The fourth-order valence-electron chi connectivity index (χ4n) is 4.74. The Morgan fingerprint density at radius 1 is 0.658 bits per heavy atom. The maximum absolute atomic E-state index is 11.4. The van der Waals surface area contributed by atoms with Gasteiger partial charge in [-0.2, -0.15) is 0 Å². The molecule has 6 heteroatoms. The van der Waals surface area contributed by atoms with Gasteiger partial charge in [0, 0.05) is 7.11 Å². The Morgan fingerprint density at radius 2 is 1.26 bits per heavy atom. The van der Waals surface area contributed by atoms with Crippen molar-refractivity contribution < 1.29 is 28.8 Å². The molecule has 1 fully saturated rings. The lowest BCUT2D eigenvalue weighted by Crippen LogP contribution is -2.60. The van der Waals surface area contributed by atoms with Gasteiger partial charge in [0.05, 0.1) is 26.4 Å². The molecule has 0 amide bonds. The summed E-state index contributed by atoms with van der Waals surface area (Å²) in [6.45, 7) is 1.26. The minimum Gasteiger partial charge on any atom is -0.387 e. The third-order valence-electron chi connectivity index (χ3n) is 6.79. The molecule has 1 aliphatic heterocycles. The molecule has 4 aromatic rings. The van der Waals surface area contributed by atoms with Crippen molar-refractivity contribution in [3.8, 4) is 0 Å². The van der Waals surface area contributed by atoms with Gasteiger partial charge in [-0.15, -0.1) is 0 Å². The highest BCUT2D eigenvalue weighted by Gasteiger charge is 2.47. The quantitative estimate of drug-likeness (QED) is 0.295. The first kappa shape index (κ1) is 26.5. The summed E-state index contributed by atoms with van der Waals surface area (Å²) < 4.78 is 30.3. The average Bonchev–Trinajstić information content (AvgIpc) is 2.97. The summed E-state index contributed by atoms with van der Waals surface area (Å²) in [6, 6.07) is 34.2. The van der Waals surface area contributed by atoms with Crippen LogP contribution in [-0.2, 0) is 43.5 Å². The Hall–Kier alpha value is -3.10. The zero-order valence-electron chi connectivity index (χ0n) is 21.5. The van der Waals surface area contributed by atoms with Crippen LogP contribution in [0.5, 0.6) is 0 Å². The molecule has 5 atom stereocenters. The first-order valence-electron chi connectivity index (χ1n) is 12.9. The van der Waals surface area contributed by atoms with E-state index in [0.29, 0.717) is 19.8 Å². The van der Waals surface area contributed by atoms with Gasteiger partial charge in [-0.3, -0.25) is 0 Å². The molecular weight excluding hydrogens is 480 g/mol. The number of hydrogen-bond donors (Lipinski definition) is 1. The van der Waals surface area contributed by atoms with Crippen molar-refractivity contribution in [1.82, 2.24) is 0 Å². The lowest BCUT2D eigenvalue weighted by Gasteiger charge is -2.43. The molecule has 1 heterocycles. The van der Waals surface area contributed by atoms with E-state index in [0.717, 1.165) is 22.1 Å². The molecule has 0 aliphatic carbocycles. The van der Waals surface area contributed by atoms with Crippen molar-refractivity contribution >= 4 is 10.8 Å². The zero-order valence-corrected chi connectivity index (χ0v) is 21.5. The van der Waals surface area contributed by atoms with E-state index in [1.807, 2.05) is 72.8 Å². The Labute approximate surface area is 223 Å². The largest absolute Gasteiger partial charge is 0.387 e. The molecule has 198 valence electrons. The molecule has 5 rings (SSSR count). The molecule has 0 bridgehead atoms. The summed E-state index contributed by atoms with van der Waals surface area (Å²) in [5.41, 5.74) is 3.07. The molecular formula is C32H34O6. The van der Waals surface area contributed by atoms with Crippen molar-refractivity contribution in [3.05, 3.63) is 120 Å². The smallest absolute Gasteiger partial charge is 0.186 e. The second-order valence-electron chi connectivity index (χ2n) is 9.49. The molecule has 0 unspecified atom stereocenters. The van der Waals surface area contributed by atoms with Gasteiger partial charge in [0.1, 0.15) is 24.4 Å². The lowest BCUT2D eigenvalue weighted by molar-refractivity contribution is -0.315. The Bertz CT molecular complexity index is 1260. The molecule has 0 aromatic heterocycles. The average molecular weight is 515 g/mol. The standard InChI is InChI=1S/C32H34O6/c1-34-32-31(37-21-24-12-6-3-7-13-24)30(36-20-23-10-4-2-5-11-23)29(33)28(38-32)22-35-19-25-16-17-26-14-8-9-15-27(26)18-25/h2-18,28-33H,19-22H2,1H3/t28-,29-,30+,31-,32+/m1/s1. The third-order valence-corrected chi connectivity index (χ3v) is 6.79. The molecule has 38 heavy (non-hydrogen) atoms. The molecule has 0 saturated carbocycles. The van der Waals surface area contributed by atoms with Gasteiger partial charge in [-0.25, -0.2) is 0 Å². The van der Waals surface area contributed by atoms with Gasteiger partial charge in [0.2, 0.25) is 0 Å². The molecule has 6 nitrogen and oxygen atoms in total. The normalized spacial score (nSPS) is 23.5. The second-order valence-corrected chi connectivity index (χ2v) is 9.49. The minimum atomic E-state index is -0.970. The monoisotopic (exact) mass is 514 g/mol. The Kier molecular flexibility index (Phi) is 9.15.